The smallest absolute Gasteiger partial charge is 0.383 e. The van der Waals surface area contributed by atoms with Crippen molar-refractivity contribution in [3.63, 3.8) is 0 Å². The lowest BCUT2D eigenvalue weighted by Gasteiger charge is -2.29. The fourth-order valence-corrected chi connectivity index (χ4v) is 13.0. The Kier molecular flexibility index (Phi) is 26.9. The van der Waals surface area contributed by atoms with E-state index in [1.807, 2.05) is 0 Å². The van der Waals surface area contributed by atoms with Gasteiger partial charge in [-0.1, -0.05) is 13.8 Å². The van der Waals surface area contributed by atoms with Crippen LogP contribution in [0.15, 0.2) is 39.3 Å². The van der Waals surface area contributed by atoms with Crippen molar-refractivity contribution in [1.29, 1.82) is 10.5 Å². The monoisotopic (exact) mass is 1250 g/mol. The minimum Gasteiger partial charge on any atom is -0.383 e. The summed E-state index contributed by atoms with van der Waals surface area (Å²) in [6.45, 7) is 45.1. The van der Waals surface area contributed by atoms with E-state index < -0.39 is 0 Å². The van der Waals surface area contributed by atoms with Gasteiger partial charge in [-0.25, -0.2) is 19.9 Å². The lowest BCUT2D eigenvalue weighted by atomic mass is 10.1. The third kappa shape index (κ3) is 18.2. The minimum atomic E-state index is 0.246. The average Bonchev–Trinajstić information content (AvgIpc) is 2.46. The molecule has 0 aromatic carbocycles. The van der Waals surface area contributed by atoms with Crippen molar-refractivity contribution in [3.05, 3.63) is 102 Å². The van der Waals surface area contributed by atoms with Crippen LogP contribution in [0.4, 0.5) is 40.7 Å². The molecule has 0 amide bonds. The van der Waals surface area contributed by atoms with Crippen LogP contribution in [-0.4, -0.2) is 161 Å². The van der Waals surface area contributed by atoms with Crippen LogP contribution in [0.3, 0.4) is 0 Å². The van der Waals surface area contributed by atoms with E-state index in [9.17, 15) is 0 Å². The molecule has 5 aromatic rings. The van der Waals surface area contributed by atoms with Crippen molar-refractivity contribution < 1.29 is 0 Å². The van der Waals surface area contributed by atoms with Crippen molar-refractivity contribution in [2.75, 3.05) is 128 Å². The number of anilines is 7. The molecule has 12 heterocycles. The fourth-order valence-electron chi connectivity index (χ4n) is 11.1. The highest BCUT2D eigenvalue weighted by Gasteiger charge is 2.29. The van der Waals surface area contributed by atoms with Gasteiger partial charge in [-0.05, 0) is 121 Å². The lowest BCUT2D eigenvalue weighted by molar-refractivity contribution is 0.301. The molecule has 7 aliphatic heterocycles. The summed E-state index contributed by atoms with van der Waals surface area (Å²) in [6.07, 6.45) is 23.2. The Hall–Kier alpha value is -9.16. The fraction of sp³-hybridized carbons (Fsp3) is 0.567. The quantitative estimate of drug-likeness (QED) is 0.0605. The molecule has 12 rings (SSSR count). The first-order valence-electron chi connectivity index (χ1n) is 30.8. The molecular weight excluding hydrogens is 1160 g/mol. The summed E-state index contributed by atoms with van der Waals surface area (Å²) in [6, 6.07) is 4.14. The van der Waals surface area contributed by atoms with Gasteiger partial charge in [0, 0.05) is 78.5 Å². The number of aromatic nitrogens is 10. The molecule has 6 fully saturated rings. The summed E-state index contributed by atoms with van der Waals surface area (Å²) < 4.78 is 0. The second-order valence-electron chi connectivity index (χ2n) is 21.8. The standard InChI is InChI=1S/C12H17N3S.C11H15N5.C11H15N3S.C9H12N6.C9H13N5.C8H11N5/c1-4-10-16-12(11(13-2)14-3)15-8-6-5-7-9-15;12-10-9-8(14-7-15-10)6-13-11(9)16-4-2-1-3-5-16;1-4-9-15-11(10(12-2)13-3)14-7-5-6-8-14;10-7-6-8(12-5-11-7)13-14-9(6)15-3-1-2-4-15;10-6-7-8(11)12-13-9(7)14-4-2-1-3-5-14;9-5-6-7(10)11-12-8(6)13-3-1-2-4-13/h4-10H2,1H3;7H,1-6H2,(H2,12,14,15);4-9H2,1H3;5H,1-4H2,(H3,10,11,12,13,14);1-5H2,(H3,11,12,13);1-4H2,(H3,10,11,12). The number of aromatic amines is 3. The number of hydrogen-bond acceptors (Lipinski definition) is 22. The third-order valence-corrected chi connectivity index (χ3v) is 18.2. The van der Waals surface area contributed by atoms with E-state index in [4.69, 9.17) is 59.7 Å². The Balaban J connectivity index is 0.000000152. The van der Waals surface area contributed by atoms with E-state index in [2.05, 4.69) is 130 Å². The van der Waals surface area contributed by atoms with Gasteiger partial charge >= 0.3 is 11.6 Å². The molecule has 27 nitrogen and oxygen atoms in total. The number of rotatable bonds is 11. The second kappa shape index (κ2) is 35.6. The number of thioether (sulfide) groups is 2. The number of nitrogens with one attached hydrogen (secondary N) is 3. The number of nitrogen functional groups attached to an aromatic ring is 4. The predicted molar refractivity (Wildman–Crippen MR) is 355 cm³/mol. The van der Waals surface area contributed by atoms with Crippen LogP contribution in [0, 0.1) is 49.0 Å². The van der Waals surface area contributed by atoms with Crippen molar-refractivity contribution in [2.45, 2.75) is 130 Å². The van der Waals surface area contributed by atoms with E-state index in [1.54, 1.807) is 23.5 Å². The maximum Gasteiger partial charge on any atom is 0.549 e. The first-order valence-corrected chi connectivity index (χ1v) is 32.8. The SMILES string of the molecule is N#Cc1c(N2CCCC2)n[nH]c1N.N#Cc1c(N2CCCCC2)n[nH]c1N.Nc1ncnc2[nH]nc(N3CCCC3)c12.Nc1ncnc2c1C(N1CCCCC1)=NC2.[C-]#[N+]C([N+]#[C-])=C(SCCC)N1CCCC1.[C-]#[N+]C([N+]#[C-])=C(SCCC)N1CCCCC1. The lowest BCUT2D eigenvalue weighted by Crippen LogP contribution is -2.36. The largest absolute Gasteiger partial charge is 0.549 e. The van der Waals surface area contributed by atoms with E-state index in [0.717, 1.165) is 167 Å². The predicted octanol–water partition coefficient (Wildman–Crippen LogP) is 9.43. The van der Waals surface area contributed by atoms with Gasteiger partial charge in [0.2, 0.25) is 0 Å². The Labute approximate surface area is 531 Å². The van der Waals surface area contributed by atoms with Crippen LogP contribution in [0.2, 0.25) is 0 Å². The average molecular weight is 1250 g/mol. The highest BCUT2D eigenvalue weighted by Crippen LogP contribution is 2.33. The summed E-state index contributed by atoms with van der Waals surface area (Å²) >= 11 is 3.32. The molecule has 89 heavy (non-hydrogen) atoms. The van der Waals surface area contributed by atoms with Gasteiger partial charge in [0.1, 0.15) is 96.7 Å². The highest BCUT2D eigenvalue weighted by atomic mass is 32.2. The van der Waals surface area contributed by atoms with Crippen LogP contribution in [0.1, 0.15) is 145 Å². The second-order valence-corrected chi connectivity index (χ2v) is 23.9. The van der Waals surface area contributed by atoms with Crippen molar-refractivity contribution in [1.82, 2.24) is 65.2 Å². The molecule has 470 valence electrons. The van der Waals surface area contributed by atoms with Crippen molar-refractivity contribution in [2.24, 2.45) is 4.99 Å². The topological polar surface area (TPSA) is 339 Å². The number of hydrogen-bond donors (Lipinski definition) is 7. The van der Waals surface area contributed by atoms with E-state index in [-0.39, 0.29) is 11.6 Å². The first kappa shape index (κ1) is 67.3. The van der Waals surface area contributed by atoms with Gasteiger partial charge in [-0.2, -0.15) is 45.2 Å². The Bertz CT molecular complexity index is 3400. The Morgan fingerprint density at radius 2 is 0.888 bits per heavy atom. The van der Waals surface area contributed by atoms with Gasteiger partial charge < -0.3 is 52.3 Å². The highest BCUT2D eigenvalue weighted by molar-refractivity contribution is 8.03. The molecule has 11 N–H and O–H groups in total. The number of nitriles is 2. The van der Waals surface area contributed by atoms with Crippen LogP contribution < -0.4 is 37.6 Å². The van der Waals surface area contributed by atoms with Crippen LogP contribution in [-0.2, 0) is 6.54 Å². The molecule has 0 atom stereocenters. The number of nitrogens with two attached hydrogens (primary N) is 4. The Morgan fingerprint density at radius 1 is 0.506 bits per heavy atom. The number of H-pyrrole nitrogens is 3. The van der Waals surface area contributed by atoms with E-state index in [1.165, 1.54) is 83.3 Å². The molecule has 7 aliphatic rings. The zero-order chi connectivity index (χ0) is 63.3. The summed E-state index contributed by atoms with van der Waals surface area (Å²) in [5.41, 5.74) is 26.5. The molecule has 0 spiro atoms. The van der Waals surface area contributed by atoms with Gasteiger partial charge in [-0.15, -0.1) is 23.5 Å². The number of aliphatic imine (C=N–C) groups is 1. The van der Waals surface area contributed by atoms with Crippen LogP contribution in [0.5, 0.6) is 0 Å². The number of fused-ring (bicyclic) bond motifs is 2. The van der Waals surface area contributed by atoms with Gasteiger partial charge in [0.25, 0.3) is 0 Å². The summed E-state index contributed by atoms with van der Waals surface area (Å²) in [5.74, 6) is 7.58. The maximum absolute atomic E-state index is 8.90. The van der Waals surface area contributed by atoms with Gasteiger partial charge in [0.05, 0.1) is 17.8 Å². The first-order chi connectivity index (χ1) is 43.5. The molecule has 0 saturated carbocycles. The summed E-state index contributed by atoms with van der Waals surface area (Å²) in [4.78, 5) is 47.4. The molecular formula is C60H83N27S2. The zero-order valence-corrected chi connectivity index (χ0v) is 53.0. The number of nitrogens with zero attached hydrogens (tertiary/aromatic N) is 20. The molecule has 0 bridgehead atoms. The van der Waals surface area contributed by atoms with E-state index in [0.29, 0.717) is 58.2 Å². The maximum atomic E-state index is 8.90. The van der Waals surface area contributed by atoms with Gasteiger partial charge in [0.15, 0.2) is 33.2 Å². The number of amidine groups is 1. The molecule has 5 aromatic heterocycles. The Morgan fingerprint density at radius 3 is 1.33 bits per heavy atom. The van der Waals surface area contributed by atoms with Crippen LogP contribution >= 0.6 is 23.5 Å². The van der Waals surface area contributed by atoms with Crippen molar-refractivity contribution >= 4 is 81.1 Å². The minimum absolute atomic E-state index is 0.246. The molecule has 6 saturated heterocycles. The molecule has 0 aliphatic carbocycles. The van der Waals surface area contributed by atoms with Gasteiger partial charge in [-0.3, -0.25) is 20.3 Å². The zero-order valence-electron chi connectivity index (χ0n) is 51.4. The van der Waals surface area contributed by atoms with E-state index >= 15 is 0 Å². The molecule has 0 unspecified atom stereocenters. The molecule has 0 radical (unpaired) electrons. The number of likely N-dealkylation sites (tertiary alicyclic amines) is 3. The summed E-state index contributed by atoms with van der Waals surface area (Å²) in [7, 11) is 0. The molecule has 29 heteroatoms. The third-order valence-electron chi connectivity index (χ3n) is 15.6. The van der Waals surface area contributed by atoms with Crippen LogP contribution in [0.25, 0.3) is 30.4 Å². The number of piperidine rings is 3. The summed E-state index contributed by atoms with van der Waals surface area (Å²) in [5, 5.41) is 40.9. The normalized spacial score (nSPS) is 16.4. The van der Waals surface area contributed by atoms with Crippen molar-refractivity contribution in [3.8, 4) is 12.1 Å².